The monoisotopic (exact) mass is 473 g/mol. The van der Waals surface area contributed by atoms with Crippen LogP contribution in [0.1, 0.15) is 41.0 Å². The molecule has 0 aromatic heterocycles. The van der Waals surface area contributed by atoms with Gasteiger partial charge in [0.2, 0.25) is 10.0 Å². The SMILES string of the molecule is CC[C@H](C)[C@@H](C(=O)OCC(=O)Nc1ccc(S(N)(=O)=O)cc1)N1C(=O)c2ccccc2C1=O. The predicted molar refractivity (Wildman–Crippen MR) is 118 cm³/mol. The largest absolute Gasteiger partial charge is 0.454 e. The zero-order valence-corrected chi connectivity index (χ0v) is 18.8. The third-order valence-corrected chi connectivity index (χ3v) is 6.27. The molecular weight excluding hydrogens is 450 g/mol. The molecule has 0 bridgehead atoms. The van der Waals surface area contributed by atoms with Crippen LogP contribution in [0, 0.1) is 5.92 Å². The van der Waals surface area contributed by atoms with Gasteiger partial charge in [-0.3, -0.25) is 19.3 Å². The summed E-state index contributed by atoms with van der Waals surface area (Å²) in [5, 5.41) is 7.49. The van der Waals surface area contributed by atoms with E-state index < -0.39 is 52.3 Å². The molecular formula is C22H23N3O7S. The van der Waals surface area contributed by atoms with Crippen molar-refractivity contribution in [2.75, 3.05) is 11.9 Å². The summed E-state index contributed by atoms with van der Waals surface area (Å²) in [4.78, 5) is 51.5. The third kappa shape index (κ3) is 5.10. The number of fused-ring (bicyclic) bond motifs is 1. The van der Waals surface area contributed by atoms with Crippen LogP contribution < -0.4 is 10.5 Å². The Morgan fingerprint density at radius 2 is 1.58 bits per heavy atom. The predicted octanol–water partition coefficient (Wildman–Crippen LogP) is 1.53. The molecule has 0 saturated carbocycles. The Balaban J connectivity index is 1.68. The molecule has 3 amide bonds. The molecule has 10 nitrogen and oxygen atoms in total. The van der Waals surface area contributed by atoms with Crippen molar-refractivity contribution in [3.8, 4) is 0 Å². The molecule has 0 fully saturated rings. The minimum Gasteiger partial charge on any atom is -0.454 e. The van der Waals surface area contributed by atoms with Crippen LogP contribution in [-0.4, -0.2) is 49.7 Å². The molecule has 174 valence electrons. The maximum atomic E-state index is 12.9. The van der Waals surface area contributed by atoms with Crippen molar-refractivity contribution in [1.82, 2.24) is 4.90 Å². The third-order valence-electron chi connectivity index (χ3n) is 5.34. The van der Waals surface area contributed by atoms with Gasteiger partial charge in [-0.05, 0) is 42.3 Å². The molecule has 11 heteroatoms. The maximum Gasteiger partial charge on any atom is 0.330 e. The highest BCUT2D eigenvalue weighted by atomic mass is 32.2. The summed E-state index contributed by atoms with van der Waals surface area (Å²) >= 11 is 0. The van der Waals surface area contributed by atoms with Gasteiger partial charge in [-0.15, -0.1) is 0 Å². The first-order chi connectivity index (χ1) is 15.5. The number of nitrogens with one attached hydrogen (secondary N) is 1. The number of sulfonamides is 1. The summed E-state index contributed by atoms with van der Waals surface area (Å²) in [6, 6.07) is 10.2. The van der Waals surface area contributed by atoms with Crippen molar-refractivity contribution < 1.29 is 32.3 Å². The molecule has 0 aliphatic carbocycles. The first-order valence-corrected chi connectivity index (χ1v) is 11.7. The molecule has 2 aromatic rings. The summed E-state index contributed by atoms with van der Waals surface area (Å²) in [5.74, 6) is -3.14. The smallest absolute Gasteiger partial charge is 0.330 e. The molecule has 2 aromatic carbocycles. The van der Waals surface area contributed by atoms with Crippen molar-refractivity contribution in [2.45, 2.75) is 31.2 Å². The van der Waals surface area contributed by atoms with E-state index in [2.05, 4.69) is 5.32 Å². The second kappa shape index (κ2) is 9.51. The summed E-state index contributed by atoms with van der Waals surface area (Å²) in [5.41, 5.74) is 0.691. The summed E-state index contributed by atoms with van der Waals surface area (Å²) < 4.78 is 27.7. The molecule has 1 heterocycles. The fourth-order valence-corrected chi connectivity index (χ4v) is 3.94. The summed E-state index contributed by atoms with van der Waals surface area (Å²) in [6.45, 7) is 2.86. The Bertz CT molecular complexity index is 1170. The number of amides is 3. The molecule has 1 aliphatic heterocycles. The van der Waals surface area contributed by atoms with Gasteiger partial charge in [-0.1, -0.05) is 32.4 Å². The van der Waals surface area contributed by atoms with Crippen LogP contribution in [0.15, 0.2) is 53.4 Å². The van der Waals surface area contributed by atoms with E-state index in [1.54, 1.807) is 26.0 Å². The van der Waals surface area contributed by atoms with Crippen LogP contribution in [0.5, 0.6) is 0 Å². The van der Waals surface area contributed by atoms with Crippen molar-refractivity contribution in [1.29, 1.82) is 0 Å². The lowest BCUT2D eigenvalue weighted by atomic mass is 9.97. The minimum absolute atomic E-state index is 0.121. The standard InChI is InChI=1S/C22H23N3O7S/c1-3-13(2)19(25-20(27)16-6-4-5-7-17(16)21(25)28)22(29)32-12-18(26)24-14-8-10-15(11-9-14)33(23,30)31/h4-11,13,19H,3,12H2,1-2H3,(H,24,26)(H2,23,30,31)/t13-,19-/m0/s1. The van der Waals surface area contributed by atoms with E-state index in [1.807, 2.05) is 0 Å². The number of carbonyl (C=O) groups excluding carboxylic acids is 4. The molecule has 3 N–H and O–H groups in total. The number of primary sulfonamides is 1. The zero-order valence-electron chi connectivity index (χ0n) is 18.0. The summed E-state index contributed by atoms with van der Waals surface area (Å²) in [7, 11) is -3.87. The van der Waals surface area contributed by atoms with Gasteiger partial charge in [-0.2, -0.15) is 0 Å². The lowest BCUT2D eigenvalue weighted by Gasteiger charge is -2.28. The van der Waals surface area contributed by atoms with Crippen LogP contribution in [0.3, 0.4) is 0 Å². The first-order valence-electron chi connectivity index (χ1n) is 10.1. The number of anilines is 1. The normalized spacial score (nSPS) is 15.1. The fourth-order valence-electron chi connectivity index (χ4n) is 3.42. The Hall–Kier alpha value is -3.57. The fraction of sp³-hybridized carbons (Fsp3) is 0.273. The van der Waals surface area contributed by atoms with E-state index in [1.165, 1.54) is 36.4 Å². The highest BCUT2D eigenvalue weighted by Crippen LogP contribution is 2.28. The number of ether oxygens (including phenoxy) is 1. The number of esters is 1. The summed E-state index contributed by atoms with van der Waals surface area (Å²) in [6.07, 6.45) is 0.482. The van der Waals surface area contributed by atoms with Crippen LogP contribution in [-0.2, 0) is 24.3 Å². The van der Waals surface area contributed by atoms with Crippen molar-refractivity contribution >= 4 is 39.4 Å². The lowest BCUT2D eigenvalue weighted by molar-refractivity contribution is -0.152. The Kier molecular flexibility index (Phi) is 6.94. The van der Waals surface area contributed by atoms with E-state index >= 15 is 0 Å². The molecule has 0 unspecified atom stereocenters. The van der Waals surface area contributed by atoms with Crippen LogP contribution in [0.4, 0.5) is 5.69 Å². The Morgan fingerprint density at radius 1 is 1.03 bits per heavy atom. The van der Waals surface area contributed by atoms with Crippen molar-refractivity contribution in [3.05, 3.63) is 59.7 Å². The highest BCUT2D eigenvalue weighted by Gasteiger charge is 2.45. The number of carbonyl (C=O) groups is 4. The van der Waals surface area contributed by atoms with Crippen LogP contribution in [0.25, 0.3) is 0 Å². The average molecular weight is 474 g/mol. The average Bonchev–Trinajstić information content (AvgIpc) is 3.03. The number of hydrogen-bond acceptors (Lipinski definition) is 7. The first kappa shape index (κ1) is 24.1. The van der Waals surface area contributed by atoms with E-state index in [9.17, 15) is 27.6 Å². The molecule has 2 atom stereocenters. The number of nitrogens with two attached hydrogens (primary N) is 1. The Labute approximate surface area is 190 Å². The van der Waals surface area contributed by atoms with E-state index in [0.717, 1.165) is 4.90 Å². The number of imide groups is 1. The van der Waals surface area contributed by atoms with Gasteiger partial charge in [0.05, 0.1) is 16.0 Å². The molecule has 1 aliphatic rings. The lowest BCUT2D eigenvalue weighted by Crippen LogP contribution is -2.49. The van der Waals surface area contributed by atoms with Crippen LogP contribution >= 0.6 is 0 Å². The molecule has 0 radical (unpaired) electrons. The van der Waals surface area contributed by atoms with Gasteiger partial charge >= 0.3 is 5.97 Å². The van der Waals surface area contributed by atoms with Gasteiger partial charge in [0, 0.05) is 5.69 Å². The minimum atomic E-state index is -3.87. The van der Waals surface area contributed by atoms with Gasteiger partial charge < -0.3 is 10.1 Å². The van der Waals surface area contributed by atoms with Gasteiger partial charge in [0.25, 0.3) is 17.7 Å². The second-order valence-electron chi connectivity index (χ2n) is 7.58. The Morgan fingerprint density at radius 3 is 2.06 bits per heavy atom. The van der Waals surface area contributed by atoms with Gasteiger partial charge in [-0.25, -0.2) is 18.4 Å². The number of hydrogen-bond donors (Lipinski definition) is 2. The molecule has 33 heavy (non-hydrogen) atoms. The van der Waals surface area contributed by atoms with Gasteiger partial charge in [0.15, 0.2) is 6.61 Å². The van der Waals surface area contributed by atoms with Crippen LogP contribution in [0.2, 0.25) is 0 Å². The number of benzene rings is 2. The zero-order chi connectivity index (χ0) is 24.3. The van der Waals surface area contributed by atoms with Crippen molar-refractivity contribution in [2.24, 2.45) is 11.1 Å². The van der Waals surface area contributed by atoms with E-state index in [4.69, 9.17) is 9.88 Å². The maximum absolute atomic E-state index is 12.9. The molecule has 0 spiro atoms. The van der Waals surface area contributed by atoms with Gasteiger partial charge in [0.1, 0.15) is 6.04 Å². The molecule has 3 rings (SSSR count). The number of rotatable bonds is 8. The second-order valence-corrected chi connectivity index (χ2v) is 9.14. The molecule has 0 saturated heterocycles. The topological polar surface area (TPSA) is 153 Å². The number of nitrogens with zero attached hydrogens (tertiary/aromatic N) is 1. The highest BCUT2D eigenvalue weighted by molar-refractivity contribution is 7.89. The van der Waals surface area contributed by atoms with E-state index in [0.29, 0.717) is 6.42 Å². The van der Waals surface area contributed by atoms with E-state index in [-0.39, 0.29) is 21.7 Å². The quantitative estimate of drug-likeness (QED) is 0.435. The van der Waals surface area contributed by atoms with Crippen molar-refractivity contribution in [3.63, 3.8) is 0 Å².